The van der Waals surface area contributed by atoms with Crippen LogP contribution in [0.15, 0.2) is 78.0 Å². The van der Waals surface area contributed by atoms with E-state index in [1.165, 1.54) is 16.8 Å². The Bertz CT molecular complexity index is 1610. The van der Waals surface area contributed by atoms with E-state index in [1.807, 2.05) is 35.2 Å². The monoisotopic (exact) mass is 595 g/mol. The topological polar surface area (TPSA) is 170 Å². The SMILES string of the molecule is Cn1nc(S(C)(=O)=O)nc1-c1ccc(OCC(O)CN(CCOc2ccc(O)c(C(N)=O)c2)Cc2ccccc2)cc1. The van der Waals surface area contributed by atoms with Crippen LogP contribution < -0.4 is 15.2 Å². The molecule has 0 saturated carbocycles. The molecule has 1 heterocycles. The molecule has 0 aliphatic heterocycles. The number of carbonyl (C=O) groups excluding carboxylic acids is 1. The summed E-state index contributed by atoms with van der Waals surface area (Å²) >= 11 is 0. The Morgan fingerprint density at radius 2 is 1.74 bits per heavy atom. The molecule has 1 aromatic heterocycles. The third-order valence-corrected chi connectivity index (χ3v) is 7.09. The van der Waals surface area contributed by atoms with Gasteiger partial charge in [-0.2, -0.15) is 4.98 Å². The first-order valence-electron chi connectivity index (χ1n) is 13.0. The molecular weight excluding hydrogens is 562 g/mol. The van der Waals surface area contributed by atoms with Gasteiger partial charge in [-0.3, -0.25) is 9.69 Å². The number of rotatable bonds is 14. The Balaban J connectivity index is 1.34. The van der Waals surface area contributed by atoms with Gasteiger partial charge >= 0.3 is 0 Å². The van der Waals surface area contributed by atoms with Crippen LogP contribution in [0, 0.1) is 0 Å². The van der Waals surface area contributed by atoms with Crippen LogP contribution in [0.2, 0.25) is 0 Å². The fraction of sp³-hybridized carbons (Fsp3) is 0.276. The van der Waals surface area contributed by atoms with Gasteiger partial charge in [0.05, 0.1) is 5.56 Å². The number of aromatic hydroxyl groups is 1. The number of aliphatic hydroxyl groups is 1. The zero-order valence-corrected chi connectivity index (χ0v) is 24.1. The Kier molecular flexibility index (Phi) is 9.78. The Hall–Kier alpha value is -4.46. The number of amides is 1. The number of hydrogen-bond acceptors (Lipinski definition) is 10. The average Bonchev–Trinajstić information content (AvgIpc) is 3.35. The maximum Gasteiger partial charge on any atom is 0.267 e. The van der Waals surface area contributed by atoms with Crippen LogP contribution >= 0.6 is 0 Å². The van der Waals surface area contributed by atoms with Gasteiger partial charge in [-0.05, 0) is 48.0 Å². The maximum absolute atomic E-state index is 11.8. The van der Waals surface area contributed by atoms with Gasteiger partial charge in [0.15, 0.2) is 5.82 Å². The number of aryl methyl sites for hydroxylation is 1. The molecule has 0 fully saturated rings. The number of hydrogen-bond donors (Lipinski definition) is 3. The molecule has 3 aromatic carbocycles. The summed E-state index contributed by atoms with van der Waals surface area (Å²) in [5.74, 6) is 0.351. The van der Waals surface area contributed by atoms with E-state index in [1.54, 1.807) is 37.4 Å². The minimum absolute atomic E-state index is 0.0236. The van der Waals surface area contributed by atoms with Crippen LogP contribution in [-0.4, -0.2) is 82.9 Å². The number of benzene rings is 3. The molecular formula is C29H33N5O7S. The van der Waals surface area contributed by atoms with Crippen molar-refractivity contribution in [2.24, 2.45) is 12.8 Å². The molecule has 0 saturated heterocycles. The van der Waals surface area contributed by atoms with E-state index in [4.69, 9.17) is 15.2 Å². The van der Waals surface area contributed by atoms with Crippen molar-refractivity contribution in [1.29, 1.82) is 0 Å². The number of phenols is 1. The van der Waals surface area contributed by atoms with Gasteiger partial charge in [0.1, 0.15) is 36.6 Å². The highest BCUT2D eigenvalue weighted by atomic mass is 32.2. The second-order valence-corrected chi connectivity index (χ2v) is 11.6. The van der Waals surface area contributed by atoms with Gasteiger partial charge < -0.3 is 25.4 Å². The zero-order chi connectivity index (χ0) is 30.3. The minimum atomic E-state index is -3.53. The molecule has 1 unspecified atom stereocenters. The number of nitrogens with two attached hydrogens (primary N) is 1. The van der Waals surface area contributed by atoms with Crippen LogP contribution in [0.5, 0.6) is 17.2 Å². The van der Waals surface area contributed by atoms with Crippen molar-refractivity contribution in [1.82, 2.24) is 19.7 Å². The predicted molar refractivity (Wildman–Crippen MR) is 155 cm³/mol. The van der Waals surface area contributed by atoms with E-state index < -0.39 is 21.8 Å². The van der Waals surface area contributed by atoms with Gasteiger partial charge in [0.2, 0.25) is 9.84 Å². The summed E-state index contributed by atoms with van der Waals surface area (Å²) in [7, 11) is -1.91. The van der Waals surface area contributed by atoms with E-state index in [9.17, 15) is 23.4 Å². The zero-order valence-electron chi connectivity index (χ0n) is 23.3. The fourth-order valence-electron chi connectivity index (χ4n) is 4.18. The van der Waals surface area contributed by atoms with Crippen molar-refractivity contribution < 1.29 is 32.9 Å². The maximum atomic E-state index is 11.8. The molecule has 0 aliphatic carbocycles. The summed E-state index contributed by atoms with van der Waals surface area (Å²) in [5.41, 5.74) is 7.00. The number of ether oxygens (including phenoxy) is 2. The minimum Gasteiger partial charge on any atom is -0.507 e. The second kappa shape index (κ2) is 13.5. The first kappa shape index (κ1) is 30.5. The van der Waals surface area contributed by atoms with Crippen molar-refractivity contribution in [2.75, 3.05) is 32.6 Å². The largest absolute Gasteiger partial charge is 0.507 e. The van der Waals surface area contributed by atoms with Gasteiger partial charge in [-0.1, -0.05) is 30.3 Å². The number of aromatic nitrogens is 3. The number of carbonyl (C=O) groups is 1. The first-order chi connectivity index (χ1) is 20.0. The normalized spacial score (nSPS) is 12.3. The van der Waals surface area contributed by atoms with Gasteiger partial charge in [0.25, 0.3) is 11.1 Å². The Morgan fingerprint density at radius 1 is 1.05 bits per heavy atom. The molecule has 0 aliphatic rings. The standard InChI is InChI=1S/C29H33N5O7S/c1-33-28(31-29(32-33)42(2,38)39)21-8-10-23(11-9-21)41-19-22(35)18-34(17-20-6-4-3-5-7-20)14-15-40-24-12-13-26(36)25(16-24)27(30)37/h3-13,16,22,35-36H,14-15,17-19H2,1-2H3,(H2,30,37). The van der Waals surface area contributed by atoms with E-state index in [0.717, 1.165) is 11.8 Å². The lowest BCUT2D eigenvalue weighted by Gasteiger charge is -2.25. The summed E-state index contributed by atoms with van der Waals surface area (Å²) < 4.78 is 36.5. The van der Waals surface area contributed by atoms with E-state index in [-0.39, 0.29) is 29.7 Å². The molecule has 0 spiro atoms. The lowest BCUT2D eigenvalue weighted by Crippen LogP contribution is -2.37. The molecule has 0 bridgehead atoms. The van der Waals surface area contributed by atoms with Gasteiger partial charge in [0, 0.05) is 38.5 Å². The molecule has 0 radical (unpaired) electrons. The van der Waals surface area contributed by atoms with Crippen molar-refractivity contribution in [2.45, 2.75) is 17.8 Å². The van der Waals surface area contributed by atoms with Crippen molar-refractivity contribution >= 4 is 15.7 Å². The average molecular weight is 596 g/mol. The second-order valence-electron chi connectivity index (χ2n) is 9.72. The smallest absolute Gasteiger partial charge is 0.267 e. The van der Waals surface area contributed by atoms with Crippen LogP contribution in [0.4, 0.5) is 0 Å². The summed E-state index contributed by atoms with van der Waals surface area (Å²) in [6.45, 7) is 1.61. The van der Waals surface area contributed by atoms with Crippen LogP contribution in [-0.2, 0) is 23.4 Å². The molecule has 4 rings (SSSR count). The molecule has 1 amide bonds. The molecule has 42 heavy (non-hydrogen) atoms. The molecule has 12 nitrogen and oxygen atoms in total. The molecule has 4 aromatic rings. The summed E-state index contributed by atoms with van der Waals surface area (Å²) in [6.07, 6.45) is 0.235. The highest BCUT2D eigenvalue weighted by molar-refractivity contribution is 7.90. The predicted octanol–water partition coefficient (Wildman–Crippen LogP) is 2.01. The first-order valence-corrected chi connectivity index (χ1v) is 14.9. The number of primary amides is 1. The number of nitrogens with zero attached hydrogens (tertiary/aromatic N) is 4. The molecule has 4 N–H and O–H groups in total. The third kappa shape index (κ3) is 8.28. The van der Waals surface area contributed by atoms with E-state index in [2.05, 4.69) is 10.1 Å². The van der Waals surface area contributed by atoms with E-state index in [0.29, 0.717) is 42.5 Å². The van der Waals surface area contributed by atoms with Gasteiger partial charge in [-0.15, -0.1) is 5.10 Å². The number of aliphatic hydroxyl groups excluding tert-OH is 1. The molecule has 13 heteroatoms. The lowest BCUT2D eigenvalue weighted by molar-refractivity contribution is 0.0605. The fourth-order valence-corrected chi connectivity index (χ4v) is 4.71. The molecule has 222 valence electrons. The summed E-state index contributed by atoms with van der Waals surface area (Å²) in [6, 6.07) is 21.0. The Labute approximate surface area is 243 Å². The summed E-state index contributed by atoms with van der Waals surface area (Å²) in [4.78, 5) is 17.6. The van der Waals surface area contributed by atoms with Crippen molar-refractivity contribution in [3.05, 3.63) is 83.9 Å². The summed E-state index contributed by atoms with van der Waals surface area (Å²) in [5, 5.41) is 24.3. The molecule has 1 atom stereocenters. The van der Waals surface area contributed by atoms with Crippen molar-refractivity contribution in [3.63, 3.8) is 0 Å². The van der Waals surface area contributed by atoms with Crippen LogP contribution in [0.25, 0.3) is 11.4 Å². The third-order valence-electron chi connectivity index (χ3n) is 6.26. The van der Waals surface area contributed by atoms with Gasteiger partial charge in [-0.25, -0.2) is 13.1 Å². The highest BCUT2D eigenvalue weighted by Gasteiger charge is 2.18. The highest BCUT2D eigenvalue weighted by Crippen LogP contribution is 2.23. The van der Waals surface area contributed by atoms with Crippen molar-refractivity contribution in [3.8, 4) is 28.6 Å². The quantitative estimate of drug-likeness (QED) is 0.196. The lowest BCUT2D eigenvalue weighted by atomic mass is 10.2. The Morgan fingerprint density at radius 3 is 2.38 bits per heavy atom. The van der Waals surface area contributed by atoms with E-state index >= 15 is 0 Å². The number of sulfone groups is 1. The van der Waals surface area contributed by atoms with Crippen LogP contribution in [0.3, 0.4) is 0 Å². The van der Waals surface area contributed by atoms with Crippen LogP contribution in [0.1, 0.15) is 15.9 Å².